The summed E-state index contributed by atoms with van der Waals surface area (Å²) in [5.74, 6) is 0.676. The summed E-state index contributed by atoms with van der Waals surface area (Å²) in [6.45, 7) is 5.91. The number of unbranched alkanes of at least 4 members (excludes halogenated alkanes) is 4. The number of nitrogens with one attached hydrogen (secondary N) is 2. The van der Waals surface area contributed by atoms with E-state index in [0.29, 0.717) is 25.3 Å². The summed E-state index contributed by atoms with van der Waals surface area (Å²) in [6, 6.07) is -0.313. The van der Waals surface area contributed by atoms with Gasteiger partial charge in [0.25, 0.3) is 0 Å². The van der Waals surface area contributed by atoms with Gasteiger partial charge in [0.2, 0.25) is 11.8 Å². The molecule has 0 fully saturated rings. The molecule has 0 aliphatic heterocycles. The molecule has 2 N–H and O–H groups in total. The largest absolute Gasteiger partial charge is 0.356 e. The first-order chi connectivity index (χ1) is 12.9. The highest BCUT2D eigenvalue weighted by Gasteiger charge is 2.18. The summed E-state index contributed by atoms with van der Waals surface area (Å²) < 4.78 is 0. The fourth-order valence-corrected chi connectivity index (χ4v) is 2.88. The van der Waals surface area contributed by atoms with Gasteiger partial charge in [0.1, 0.15) is 6.29 Å². The third-order valence-electron chi connectivity index (χ3n) is 4.81. The van der Waals surface area contributed by atoms with Crippen LogP contribution in [0.25, 0.3) is 0 Å². The first kappa shape index (κ1) is 25.6. The molecule has 0 saturated heterocycles. The number of hydrogen-bond acceptors (Lipinski definition) is 4. The standard InChI is InChI=1S/C21H41N3O3/c1-18(2)13-14-19(17-25)24(4)21(27)12-8-6-10-16-23-20(26)11-7-5-9-15-22-3/h17-19,22H,5-16H2,1-4H3,(H,23,26). The molecule has 0 aromatic heterocycles. The van der Waals surface area contributed by atoms with Crippen molar-refractivity contribution in [2.45, 2.75) is 84.1 Å². The second kappa shape index (κ2) is 16.7. The van der Waals surface area contributed by atoms with Crippen LogP contribution in [-0.4, -0.2) is 56.2 Å². The van der Waals surface area contributed by atoms with E-state index in [4.69, 9.17) is 0 Å². The van der Waals surface area contributed by atoms with Crippen molar-refractivity contribution < 1.29 is 14.4 Å². The summed E-state index contributed by atoms with van der Waals surface area (Å²) in [4.78, 5) is 36.7. The summed E-state index contributed by atoms with van der Waals surface area (Å²) >= 11 is 0. The van der Waals surface area contributed by atoms with Crippen molar-refractivity contribution in [3.05, 3.63) is 0 Å². The zero-order chi connectivity index (χ0) is 20.5. The van der Waals surface area contributed by atoms with Gasteiger partial charge >= 0.3 is 0 Å². The maximum absolute atomic E-state index is 12.2. The van der Waals surface area contributed by atoms with Crippen molar-refractivity contribution in [1.29, 1.82) is 0 Å². The Bertz CT molecular complexity index is 413. The quantitative estimate of drug-likeness (QED) is 0.299. The SMILES string of the molecule is CNCCCCCC(=O)NCCCCCC(=O)N(C)C(C=O)CCC(C)C. The van der Waals surface area contributed by atoms with Crippen molar-refractivity contribution >= 4 is 18.1 Å². The van der Waals surface area contributed by atoms with E-state index in [2.05, 4.69) is 24.5 Å². The highest BCUT2D eigenvalue weighted by molar-refractivity contribution is 5.79. The summed E-state index contributed by atoms with van der Waals surface area (Å²) in [7, 11) is 3.66. The lowest BCUT2D eigenvalue weighted by Crippen LogP contribution is -2.38. The van der Waals surface area contributed by atoms with Crippen LogP contribution in [0.3, 0.4) is 0 Å². The lowest BCUT2D eigenvalue weighted by molar-refractivity contribution is -0.135. The predicted molar refractivity (Wildman–Crippen MR) is 111 cm³/mol. The Balaban J connectivity index is 3.74. The minimum absolute atomic E-state index is 0.0291. The van der Waals surface area contributed by atoms with Crippen molar-refractivity contribution in [3.8, 4) is 0 Å². The fourth-order valence-electron chi connectivity index (χ4n) is 2.88. The normalized spacial score (nSPS) is 12.0. The van der Waals surface area contributed by atoms with Gasteiger partial charge in [-0.2, -0.15) is 0 Å². The van der Waals surface area contributed by atoms with Crippen molar-refractivity contribution in [3.63, 3.8) is 0 Å². The molecule has 0 rings (SSSR count). The van der Waals surface area contributed by atoms with Crippen LogP contribution in [0.15, 0.2) is 0 Å². The Morgan fingerprint density at radius 1 is 0.926 bits per heavy atom. The number of amides is 2. The Kier molecular flexibility index (Phi) is 15.8. The predicted octanol–water partition coefficient (Wildman–Crippen LogP) is 2.90. The van der Waals surface area contributed by atoms with Crippen LogP contribution in [0.5, 0.6) is 0 Å². The zero-order valence-corrected chi connectivity index (χ0v) is 17.9. The number of hydrogen-bond donors (Lipinski definition) is 2. The lowest BCUT2D eigenvalue weighted by atomic mass is 10.0. The molecule has 0 aliphatic carbocycles. The molecule has 2 amide bonds. The first-order valence-corrected chi connectivity index (χ1v) is 10.5. The second-order valence-electron chi connectivity index (χ2n) is 7.75. The number of likely N-dealkylation sites (N-methyl/N-ethyl adjacent to an activating group) is 1. The topological polar surface area (TPSA) is 78.5 Å². The van der Waals surface area contributed by atoms with Gasteiger partial charge in [0.05, 0.1) is 6.04 Å². The van der Waals surface area contributed by atoms with E-state index in [0.717, 1.165) is 64.2 Å². The summed E-state index contributed by atoms with van der Waals surface area (Å²) in [5.41, 5.74) is 0. The van der Waals surface area contributed by atoms with Crippen LogP contribution in [-0.2, 0) is 14.4 Å². The number of carbonyl (C=O) groups excluding carboxylic acids is 3. The van der Waals surface area contributed by atoms with Gasteiger partial charge in [-0.3, -0.25) is 9.59 Å². The van der Waals surface area contributed by atoms with Crippen LogP contribution in [0, 0.1) is 5.92 Å². The minimum Gasteiger partial charge on any atom is -0.356 e. The molecule has 1 atom stereocenters. The molecule has 0 spiro atoms. The summed E-state index contributed by atoms with van der Waals surface area (Å²) in [5, 5.41) is 6.04. The highest BCUT2D eigenvalue weighted by atomic mass is 16.2. The number of aldehydes is 1. The molecule has 6 heteroatoms. The maximum Gasteiger partial charge on any atom is 0.222 e. The van der Waals surface area contributed by atoms with Gasteiger partial charge in [-0.15, -0.1) is 0 Å². The van der Waals surface area contributed by atoms with Gasteiger partial charge in [-0.05, 0) is 58.0 Å². The molecule has 158 valence electrons. The molecule has 27 heavy (non-hydrogen) atoms. The monoisotopic (exact) mass is 383 g/mol. The van der Waals surface area contributed by atoms with E-state index in [-0.39, 0.29) is 17.9 Å². The zero-order valence-electron chi connectivity index (χ0n) is 17.9. The maximum atomic E-state index is 12.2. The summed E-state index contributed by atoms with van der Waals surface area (Å²) in [6.07, 6.45) is 9.29. The Morgan fingerprint density at radius 2 is 1.56 bits per heavy atom. The molecule has 0 bridgehead atoms. The van der Waals surface area contributed by atoms with Crippen LogP contribution < -0.4 is 10.6 Å². The average molecular weight is 384 g/mol. The Labute approximate surface area is 165 Å². The van der Waals surface area contributed by atoms with Crippen molar-refractivity contribution in [2.75, 3.05) is 27.2 Å². The number of rotatable bonds is 17. The molecule has 0 heterocycles. The third-order valence-corrected chi connectivity index (χ3v) is 4.81. The molecule has 0 saturated carbocycles. The van der Waals surface area contributed by atoms with Crippen LogP contribution >= 0.6 is 0 Å². The molecule has 0 aromatic carbocycles. The fraction of sp³-hybridized carbons (Fsp3) is 0.857. The third kappa shape index (κ3) is 14.3. The van der Waals surface area contributed by atoms with E-state index in [1.165, 1.54) is 0 Å². The Hall–Kier alpha value is -1.43. The van der Waals surface area contributed by atoms with E-state index >= 15 is 0 Å². The smallest absolute Gasteiger partial charge is 0.222 e. The van der Waals surface area contributed by atoms with Crippen molar-refractivity contribution in [2.24, 2.45) is 5.92 Å². The van der Waals surface area contributed by atoms with Crippen LogP contribution in [0.4, 0.5) is 0 Å². The first-order valence-electron chi connectivity index (χ1n) is 10.5. The molecule has 6 nitrogen and oxygen atoms in total. The van der Waals surface area contributed by atoms with E-state index in [1.807, 2.05) is 7.05 Å². The van der Waals surface area contributed by atoms with E-state index in [1.54, 1.807) is 11.9 Å². The molecule has 1 unspecified atom stereocenters. The van der Waals surface area contributed by atoms with Gasteiger partial charge in [-0.1, -0.05) is 26.7 Å². The van der Waals surface area contributed by atoms with Crippen molar-refractivity contribution in [1.82, 2.24) is 15.5 Å². The van der Waals surface area contributed by atoms with Crippen LogP contribution in [0.1, 0.15) is 78.1 Å². The second-order valence-corrected chi connectivity index (χ2v) is 7.75. The van der Waals surface area contributed by atoms with Gasteiger partial charge in [-0.25, -0.2) is 0 Å². The highest BCUT2D eigenvalue weighted by Crippen LogP contribution is 2.12. The van der Waals surface area contributed by atoms with Gasteiger partial charge < -0.3 is 20.3 Å². The van der Waals surface area contributed by atoms with Gasteiger partial charge in [0.15, 0.2) is 0 Å². The van der Waals surface area contributed by atoms with Gasteiger partial charge in [0, 0.05) is 26.4 Å². The number of nitrogens with zero attached hydrogens (tertiary/aromatic N) is 1. The van der Waals surface area contributed by atoms with E-state index < -0.39 is 0 Å². The number of carbonyl (C=O) groups is 3. The van der Waals surface area contributed by atoms with E-state index in [9.17, 15) is 14.4 Å². The molecular formula is C21H41N3O3. The molecule has 0 aliphatic rings. The molecular weight excluding hydrogens is 342 g/mol. The molecule has 0 aromatic rings. The van der Waals surface area contributed by atoms with Crippen LogP contribution in [0.2, 0.25) is 0 Å². The Morgan fingerprint density at radius 3 is 2.15 bits per heavy atom. The molecule has 0 radical (unpaired) electrons. The minimum atomic E-state index is -0.313. The average Bonchev–Trinajstić information content (AvgIpc) is 2.64. The lowest BCUT2D eigenvalue weighted by Gasteiger charge is -2.24.